The Labute approximate surface area is 217 Å². The van der Waals surface area contributed by atoms with Gasteiger partial charge in [-0.15, -0.1) is 0 Å². The maximum atomic E-state index is 13.1. The molecule has 5 rings (SSSR count). The Morgan fingerprint density at radius 1 is 1.00 bits per heavy atom. The molecule has 36 heavy (non-hydrogen) atoms. The van der Waals surface area contributed by atoms with Crippen molar-refractivity contribution >= 4 is 11.8 Å². The van der Waals surface area contributed by atoms with Crippen LogP contribution in [0, 0.1) is 33.0 Å². The molecule has 4 heteroatoms. The minimum absolute atomic E-state index is 0.000178. The lowest BCUT2D eigenvalue weighted by Gasteiger charge is -2.70. The molecule has 5 aliphatic rings. The van der Waals surface area contributed by atoms with E-state index in [4.69, 9.17) is 9.47 Å². The Kier molecular flexibility index (Phi) is 5.64. The fraction of sp³-hybridized carbons (Fsp3) is 0.688. The lowest BCUT2D eigenvalue weighted by molar-refractivity contribution is -0.180. The number of esters is 1. The summed E-state index contributed by atoms with van der Waals surface area (Å²) in [4.78, 5) is 26.0. The maximum Gasteiger partial charge on any atom is 0.311 e. The molecule has 0 spiro atoms. The van der Waals surface area contributed by atoms with E-state index in [1.165, 1.54) is 24.7 Å². The minimum Gasteiger partial charge on any atom is -0.489 e. The van der Waals surface area contributed by atoms with Gasteiger partial charge in [-0.3, -0.25) is 9.59 Å². The van der Waals surface area contributed by atoms with Gasteiger partial charge in [0, 0.05) is 11.0 Å². The van der Waals surface area contributed by atoms with Gasteiger partial charge in [-0.2, -0.15) is 0 Å². The van der Waals surface area contributed by atoms with E-state index in [1.807, 2.05) is 19.9 Å². The number of carbonyl (C=O) groups excluding carboxylic acids is 2. The molecule has 0 bridgehead atoms. The molecule has 0 amide bonds. The Balaban J connectivity index is 1.61. The molecule has 3 fully saturated rings. The van der Waals surface area contributed by atoms with Crippen LogP contribution in [0.2, 0.25) is 0 Å². The zero-order valence-electron chi connectivity index (χ0n) is 23.6. The number of methoxy groups -OCH3 is 1. The lowest BCUT2D eigenvalue weighted by Crippen LogP contribution is -2.62. The first-order chi connectivity index (χ1) is 16.8. The first-order valence-electron chi connectivity index (χ1n) is 13.9. The monoisotopic (exact) mass is 492 g/mol. The van der Waals surface area contributed by atoms with Crippen LogP contribution in [0.3, 0.4) is 0 Å². The zero-order valence-corrected chi connectivity index (χ0v) is 23.6. The van der Waals surface area contributed by atoms with E-state index in [2.05, 4.69) is 46.8 Å². The van der Waals surface area contributed by atoms with E-state index < -0.39 is 5.41 Å². The van der Waals surface area contributed by atoms with E-state index in [0.717, 1.165) is 49.7 Å². The third kappa shape index (κ3) is 3.11. The smallest absolute Gasteiger partial charge is 0.311 e. The molecule has 0 aliphatic heterocycles. The summed E-state index contributed by atoms with van der Waals surface area (Å²) in [5, 5.41) is 0. The molecule has 3 saturated carbocycles. The molecule has 5 aliphatic carbocycles. The van der Waals surface area contributed by atoms with Crippen LogP contribution in [0.4, 0.5) is 0 Å². The summed E-state index contributed by atoms with van der Waals surface area (Å²) in [5.41, 5.74) is 4.52. The molecule has 0 aromatic rings. The van der Waals surface area contributed by atoms with Gasteiger partial charge in [-0.25, -0.2) is 0 Å². The Morgan fingerprint density at radius 2 is 1.69 bits per heavy atom. The third-order valence-electron chi connectivity index (χ3n) is 11.8. The topological polar surface area (TPSA) is 52.6 Å². The highest BCUT2D eigenvalue weighted by atomic mass is 16.5. The van der Waals surface area contributed by atoms with Gasteiger partial charge in [-0.1, -0.05) is 45.4 Å². The molecule has 4 nitrogen and oxygen atoms in total. The zero-order chi connectivity index (χ0) is 26.3. The van der Waals surface area contributed by atoms with Crippen molar-refractivity contribution in [2.45, 2.75) is 93.4 Å². The molecular weight excluding hydrogens is 448 g/mol. The molecule has 0 N–H and O–H groups in total. The van der Waals surface area contributed by atoms with Crippen LogP contribution in [0.25, 0.3) is 0 Å². The SMILES string of the molecule is CCOC1=C(C)C2=CC=C3[C@@](C)(CC[C@@]4(C)[C@@H]5C[C@](C)(C(=O)OC)CC[C@]5(C)CC[C@]34C)C2=CC1=O. The number of ether oxygens (including phenoxy) is 2. The highest BCUT2D eigenvalue weighted by Crippen LogP contribution is 2.75. The van der Waals surface area contributed by atoms with E-state index in [0.29, 0.717) is 18.3 Å². The van der Waals surface area contributed by atoms with Crippen molar-refractivity contribution in [3.8, 4) is 0 Å². The molecule has 0 radical (unpaired) electrons. The van der Waals surface area contributed by atoms with Gasteiger partial charge in [0.25, 0.3) is 0 Å². The standard InChI is InChI=1S/C32H44O4/c1-9-36-26-20(2)21-10-11-24-30(5,22(21)18-23(26)33)15-17-32(7)25-19-29(4,27(34)35-8)13-12-28(25,3)14-16-31(24,32)6/h10-11,18,25H,9,12-17,19H2,1-8H3/t25-,28-,29-,30+,31-,32+/m1/s1. The number of hydrogen-bond donors (Lipinski definition) is 0. The fourth-order valence-electron chi connectivity index (χ4n) is 9.20. The maximum absolute atomic E-state index is 13.1. The van der Waals surface area contributed by atoms with Gasteiger partial charge in [0.05, 0.1) is 19.1 Å². The summed E-state index contributed by atoms with van der Waals surface area (Å²) < 4.78 is 11.0. The number of allylic oxidation sites excluding steroid dienone is 7. The predicted octanol–water partition coefficient (Wildman–Crippen LogP) is 7.26. The van der Waals surface area contributed by atoms with E-state index in [9.17, 15) is 9.59 Å². The number of hydrogen-bond acceptors (Lipinski definition) is 4. The van der Waals surface area contributed by atoms with Crippen molar-refractivity contribution in [3.63, 3.8) is 0 Å². The van der Waals surface area contributed by atoms with Crippen LogP contribution < -0.4 is 0 Å². The minimum atomic E-state index is -0.412. The van der Waals surface area contributed by atoms with Crippen LogP contribution in [0.5, 0.6) is 0 Å². The second kappa shape index (κ2) is 7.95. The molecule has 196 valence electrons. The normalized spacial score (nSPS) is 43.7. The molecule has 0 saturated heterocycles. The molecule has 6 atom stereocenters. The predicted molar refractivity (Wildman–Crippen MR) is 142 cm³/mol. The van der Waals surface area contributed by atoms with Crippen molar-refractivity contribution in [2.24, 2.45) is 33.0 Å². The van der Waals surface area contributed by atoms with E-state index >= 15 is 0 Å². The van der Waals surface area contributed by atoms with Crippen LogP contribution >= 0.6 is 0 Å². The van der Waals surface area contributed by atoms with Crippen LogP contribution in [-0.4, -0.2) is 25.5 Å². The molecule has 0 heterocycles. The quantitative estimate of drug-likeness (QED) is 0.389. The first kappa shape index (κ1) is 25.5. The van der Waals surface area contributed by atoms with Gasteiger partial charge in [-0.05, 0) is 105 Å². The number of fused-ring (bicyclic) bond motifs is 7. The number of rotatable bonds is 3. The molecule has 0 unspecified atom stereocenters. The lowest BCUT2D eigenvalue weighted by atomic mass is 9.34. The Hall–Kier alpha value is -2.10. The van der Waals surface area contributed by atoms with Gasteiger partial charge >= 0.3 is 5.97 Å². The van der Waals surface area contributed by atoms with E-state index in [-0.39, 0.29) is 33.4 Å². The largest absolute Gasteiger partial charge is 0.489 e. The highest BCUT2D eigenvalue weighted by molar-refractivity contribution is 6.07. The third-order valence-corrected chi connectivity index (χ3v) is 11.8. The fourth-order valence-corrected chi connectivity index (χ4v) is 9.20. The van der Waals surface area contributed by atoms with Crippen molar-refractivity contribution in [1.82, 2.24) is 0 Å². The van der Waals surface area contributed by atoms with Crippen molar-refractivity contribution < 1.29 is 19.1 Å². The summed E-state index contributed by atoms with van der Waals surface area (Å²) in [6.45, 7) is 16.4. The Bertz CT molecular complexity index is 1150. The van der Waals surface area contributed by atoms with Crippen molar-refractivity contribution in [2.75, 3.05) is 13.7 Å². The van der Waals surface area contributed by atoms with Crippen molar-refractivity contribution in [1.29, 1.82) is 0 Å². The summed E-state index contributed by atoms with van der Waals surface area (Å²) in [5.74, 6) is 0.895. The van der Waals surface area contributed by atoms with Crippen LogP contribution in [-0.2, 0) is 19.1 Å². The Morgan fingerprint density at radius 3 is 2.36 bits per heavy atom. The van der Waals surface area contributed by atoms with Crippen molar-refractivity contribution in [3.05, 3.63) is 46.3 Å². The summed E-state index contributed by atoms with van der Waals surface area (Å²) in [6.07, 6.45) is 13.8. The van der Waals surface area contributed by atoms with Gasteiger partial charge in [0.15, 0.2) is 5.76 Å². The summed E-state index contributed by atoms with van der Waals surface area (Å²) >= 11 is 0. The number of carbonyl (C=O) groups is 2. The number of ketones is 1. The molecular formula is C32H44O4. The van der Waals surface area contributed by atoms with Gasteiger partial charge in [0.2, 0.25) is 5.78 Å². The van der Waals surface area contributed by atoms with Crippen LogP contribution in [0.15, 0.2) is 46.3 Å². The average molecular weight is 493 g/mol. The van der Waals surface area contributed by atoms with Gasteiger partial charge < -0.3 is 9.47 Å². The molecule has 0 aromatic carbocycles. The second-order valence-corrected chi connectivity index (χ2v) is 13.5. The summed E-state index contributed by atoms with van der Waals surface area (Å²) in [6, 6.07) is 0. The summed E-state index contributed by atoms with van der Waals surface area (Å²) in [7, 11) is 1.53. The molecule has 0 aromatic heterocycles. The van der Waals surface area contributed by atoms with Crippen LogP contribution in [0.1, 0.15) is 93.4 Å². The highest BCUT2D eigenvalue weighted by Gasteiger charge is 2.67. The second-order valence-electron chi connectivity index (χ2n) is 13.5. The first-order valence-corrected chi connectivity index (χ1v) is 13.9. The van der Waals surface area contributed by atoms with Gasteiger partial charge in [0.1, 0.15) is 0 Å². The average Bonchev–Trinajstić information content (AvgIpc) is 2.84. The van der Waals surface area contributed by atoms with E-state index in [1.54, 1.807) is 0 Å².